The average Bonchev–Trinajstić information content (AvgIpc) is 2.70. The molecule has 0 radical (unpaired) electrons. The first-order valence-electron chi connectivity index (χ1n) is 6.08. The molecule has 0 amide bonds. The summed E-state index contributed by atoms with van der Waals surface area (Å²) in [5, 5.41) is 3.17. The lowest BCUT2D eigenvalue weighted by molar-refractivity contribution is 0.594. The van der Waals surface area contributed by atoms with Crippen molar-refractivity contribution < 1.29 is 8.42 Å². The summed E-state index contributed by atoms with van der Waals surface area (Å²) in [7, 11) is -2.96. The van der Waals surface area contributed by atoms with Gasteiger partial charge in [-0.3, -0.25) is 4.79 Å². The summed E-state index contributed by atoms with van der Waals surface area (Å²) in [5.74, 6) is 0.664. The van der Waals surface area contributed by atoms with E-state index in [2.05, 4.69) is 15.3 Å². The molecular formula is C11H15N3O3S. The second kappa shape index (κ2) is 4.17. The number of hydrogen-bond acceptors (Lipinski definition) is 5. The van der Waals surface area contributed by atoms with Crippen LogP contribution in [0.5, 0.6) is 0 Å². The molecule has 1 fully saturated rings. The van der Waals surface area contributed by atoms with Crippen molar-refractivity contribution in [3.63, 3.8) is 0 Å². The van der Waals surface area contributed by atoms with E-state index in [0.29, 0.717) is 25.2 Å². The van der Waals surface area contributed by atoms with Crippen molar-refractivity contribution in [2.45, 2.75) is 25.3 Å². The Morgan fingerprint density at radius 1 is 1.33 bits per heavy atom. The summed E-state index contributed by atoms with van der Waals surface area (Å²) in [4.78, 5) is 19.1. The van der Waals surface area contributed by atoms with Crippen molar-refractivity contribution >= 4 is 9.84 Å². The fraction of sp³-hybridized carbons (Fsp3) is 0.636. The first-order chi connectivity index (χ1) is 8.55. The third-order valence-electron chi connectivity index (χ3n) is 3.58. The molecule has 6 nitrogen and oxygen atoms in total. The number of aromatic nitrogens is 2. The molecule has 0 saturated carbocycles. The molecule has 1 aromatic heterocycles. The second-order valence-corrected chi connectivity index (χ2v) is 7.13. The van der Waals surface area contributed by atoms with Crippen LogP contribution in [0.2, 0.25) is 0 Å². The van der Waals surface area contributed by atoms with Gasteiger partial charge in [0.05, 0.1) is 17.2 Å². The number of aromatic amines is 1. The molecule has 0 bridgehead atoms. The Balaban J connectivity index is 1.99. The maximum absolute atomic E-state index is 11.9. The summed E-state index contributed by atoms with van der Waals surface area (Å²) >= 11 is 0. The van der Waals surface area contributed by atoms with Gasteiger partial charge in [0.2, 0.25) is 0 Å². The van der Waals surface area contributed by atoms with Gasteiger partial charge >= 0.3 is 0 Å². The second-order valence-electron chi connectivity index (χ2n) is 4.90. The van der Waals surface area contributed by atoms with Gasteiger partial charge in [0, 0.05) is 18.0 Å². The zero-order valence-electron chi connectivity index (χ0n) is 9.90. The summed E-state index contributed by atoms with van der Waals surface area (Å²) in [6, 6.07) is 0. The van der Waals surface area contributed by atoms with Gasteiger partial charge in [-0.05, 0) is 19.4 Å². The quantitative estimate of drug-likeness (QED) is 0.704. The zero-order valence-corrected chi connectivity index (χ0v) is 10.7. The van der Waals surface area contributed by atoms with Crippen molar-refractivity contribution in [3.05, 3.63) is 27.4 Å². The van der Waals surface area contributed by atoms with Crippen molar-refractivity contribution in [1.82, 2.24) is 15.3 Å². The normalized spacial score (nSPS) is 25.9. The number of nitrogens with one attached hydrogen (secondary N) is 2. The first kappa shape index (κ1) is 11.9. The van der Waals surface area contributed by atoms with Gasteiger partial charge in [0.1, 0.15) is 5.82 Å². The lowest BCUT2D eigenvalue weighted by atomic mass is 10.1. The molecule has 2 N–H and O–H groups in total. The maximum atomic E-state index is 11.9. The third kappa shape index (κ3) is 2.08. The Morgan fingerprint density at radius 2 is 2.17 bits per heavy atom. The molecule has 2 aliphatic rings. The minimum Gasteiger partial charge on any atom is -0.311 e. The van der Waals surface area contributed by atoms with Crippen molar-refractivity contribution in [1.29, 1.82) is 0 Å². The minimum atomic E-state index is -2.96. The molecule has 2 aliphatic heterocycles. The van der Waals surface area contributed by atoms with Gasteiger partial charge in [-0.1, -0.05) is 0 Å². The van der Waals surface area contributed by atoms with Crippen LogP contribution in [0, 0.1) is 0 Å². The molecule has 7 heteroatoms. The lowest BCUT2D eigenvalue weighted by Crippen LogP contribution is -2.32. The number of hydrogen-bond donors (Lipinski definition) is 2. The predicted octanol–water partition coefficient (Wildman–Crippen LogP) is -0.682. The van der Waals surface area contributed by atoms with Crippen LogP contribution in [0.15, 0.2) is 4.79 Å². The van der Waals surface area contributed by atoms with E-state index >= 15 is 0 Å². The highest BCUT2D eigenvalue weighted by Crippen LogP contribution is 2.26. The van der Waals surface area contributed by atoms with Crippen molar-refractivity contribution in [2.24, 2.45) is 0 Å². The van der Waals surface area contributed by atoms with E-state index < -0.39 is 9.84 Å². The van der Waals surface area contributed by atoms with E-state index in [9.17, 15) is 13.2 Å². The van der Waals surface area contributed by atoms with Crippen LogP contribution >= 0.6 is 0 Å². The average molecular weight is 269 g/mol. The SMILES string of the molecule is O=c1[nH]c(C2CCS(=O)(=O)C2)nc2c1CCNC2. The number of nitrogens with zero attached hydrogens (tertiary/aromatic N) is 1. The van der Waals surface area contributed by atoms with Crippen molar-refractivity contribution in [2.75, 3.05) is 18.1 Å². The largest absolute Gasteiger partial charge is 0.311 e. The summed E-state index contributed by atoms with van der Waals surface area (Å²) in [5.41, 5.74) is 1.39. The summed E-state index contributed by atoms with van der Waals surface area (Å²) < 4.78 is 22.9. The molecule has 0 aliphatic carbocycles. The Kier molecular flexibility index (Phi) is 2.74. The molecule has 0 aromatic carbocycles. The van der Waals surface area contributed by atoms with Gasteiger partial charge in [-0.15, -0.1) is 0 Å². The number of sulfone groups is 1. The lowest BCUT2D eigenvalue weighted by Gasteiger charge is -2.17. The Hall–Kier alpha value is -1.21. The van der Waals surface area contributed by atoms with Crippen LogP contribution in [0.3, 0.4) is 0 Å². The van der Waals surface area contributed by atoms with Crippen LogP contribution in [0.25, 0.3) is 0 Å². The molecule has 1 aromatic rings. The fourth-order valence-electron chi connectivity index (χ4n) is 2.59. The predicted molar refractivity (Wildman–Crippen MR) is 66.3 cm³/mol. The van der Waals surface area contributed by atoms with Gasteiger partial charge < -0.3 is 10.3 Å². The highest BCUT2D eigenvalue weighted by Gasteiger charge is 2.31. The summed E-state index contributed by atoms with van der Waals surface area (Å²) in [6.45, 7) is 1.38. The molecule has 1 saturated heterocycles. The minimum absolute atomic E-state index is 0.0994. The molecule has 3 rings (SSSR count). The van der Waals surface area contributed by atoms with E-state index in [-0.39, 0.29) is 23.0 Å². The van der Waals surface area contributed by atoms with Gasteiger partial charge in [0.15, 0.2) is 9.84 Å². The van der Waals surface area contributed by atoms with Crippen LogP contribution < -0.4 is 10.9 Å². The van der Waals surface area contributed by atoms with E-state index in [1.165, 1.54) is 0 Å². The molecule has 98 valence electrons. The number of rotatable bonds is 1. The zero-order chi connectivity index (χ0) is 12.8. The van der Waals surface area contributed by atoms with E-state index in [0.717, 1.165) is 17.8 Å². The molecule has 18 heavy (non-hydrogen) atoms. The van der Waals surface area contributed by atoms with Crippen molar-refractivity contribution in [3.8, 4) is 0 Å². The van der Waals surface area contributed by atoms with Gasteiger partial charge in [-0.25, -0.2) is 13.4 Å². The molecule has 0 spiro atoms. The van der Waals surface area contributed by atoms with E-state index in [4.69, 9.17) is 0 Å². The topological polar surface area (TPSA) is 91.9 Å². The Labute approximate surface area is 105 Å². The fourth-order valence-corrected chi connectivity index (χ4v) is 4.34. The smallest absolute Gasteiger partial charge is 0.254 e. The third-order valence-corrected chi connectivity index (χ3v) is 5.35. The van der Waals surface area contributed by atoms with Gasteiger partial charge in [-0.2, -0.15) is 0 Å². The molecule has 1 atom stereocenters. The standard InChI is InChI=1S/C11H15N3O3S/c15-11-8-1-3-12-5-9(8)13-10(14-11)7-2-4-18(16,17)6-7/h7,12H,1-6H2,(H,13,14,15). The van der Waals surface area contributed by atoms with Gasteiger partial charge in [0.25, 0.3) is 5.56 Å². The molecule has 3 heterocycles. The Morgan fingerprint density at radius 3 is 2.89 bits per heavy atom. The molecule has 1 unspecified atom stereocenters. The highest BCUT2D eigenvalue weighted by molar-refractivity contribution is 7.91. The van der Waals surface area contributed by atoms with Crippen LogP contribution in [-0.2, 0) is 22.8 Å². The monoisotopic (exact) mass is 269 g/mol. The van der Waals surface area contributed by atoms with E-state index in [1.807, 2.05) is 0 Å². The Bertz CT molecular complexity index is 635. The highest BCUT2D eigenvalue weighted by atomic mass is 32.2. The summed E-state index contributed by atoms with van der Waals surface area (Å²) in [6.07, 6.45) is 1.23. The number of fused-ring (bicyclic) bond motifs is 1. The van der Waals surface area contributed by atoms with Crippen LogP contribution in [0.4, 0.5) is 0 Å². The first-order valence-corrected chi connectivity index (χ1v) is 7.90. The maximum Gasteiger partial charge on any atom is 0.254 e. The van der Waals surface area contributed by atoms with E-state index in [1.54, 1.807) is 0 Å². The number of H-pyrrole nitrogens is 1. The van der Waals surface area contributed by atoms with Crippen LogP contribution in [-0.4, -0.2) is 36.4 Å². The molecular weight excluding hydrogens is 254 g/mol. The van der Waals surface area contributed by atoms with Crippen LogP contribution in [0.1, 0.15) is 29.4 Å².